The molecule has 2 rings (SSSR count). The average molecular weight is 318 g/mol. The summed E-state index contributed by atoms with van der Waals surface area (Å²) in [6, 6.07) is 0. The molecule has 2 unspecified atom stereocenters. The van der Waals surface area contributed by atoms with Gasteiger partial charge in [-0.2, -0.15) is 4.31 Å². The van der Waals surface area contributed by atoms with E-state index in [-0.39, 0.29) is 19.0 Å². The second-order valence-electron chi connectivity index (χ2n) is 5.82. The minimum absolute atomic E-state index is 0.129. The molecule has 2 atom stereocenters. The fourth-order valence-corrected chi connectivity index (χ4v) is 4.02. The molecular formula is C13H22N2O5S. The summed E-state index contributed by atoms with van der Waals surface area (Å²) in [7, 11) is -3.22. The molecule has 1 amide bonds. The van der Waals surface area contributed by atoms with Crippen LogP contribution in [0.4, 0.5) is 0 Å². The average Bonchev–Trinajstić information content (AvgIpc) is 2.45. The monoisotopic (exact) mass is 318 g/mol. The summed E-state index contributed by atoms with van der Waals surface area (Å²) in [5.74, 6) is -2.08. The van der Waals surface area contributed by atoms with Crippen molar-refractivity contribution in [2.24, 2.45) is 11.8 Å². The predicted molar refractivity (Wildman–Crippen MR) is 76.1 cm³/mol. The smallest absolute Gasteiger partial charge is 0.307 e. The van der Waals surface area contributed by atoms with Gasteiger partial charge in [0.05, 0.1) is 18.1 Å². The molecule has 1 aliphatic heterocycles. The van der Waals surface area contributed by atoms with Crippen LogP contribution < -0.4 is 0 Å². The highest BCUT2D eigenvalue weighted by Crippen LogP contribution is 2.32. The number of hydrogen-bond donors (Lipinski definition) is 1. The molecule has 0 radical (unpaired) electrons. The molecule has 7 nitrogen and oxygen atoms in total. The van der Waals surface area contributed by atoms with Crippen molar-refractivity contribution in [1.29, 1.82) is 0 Å². The summed E-state index contributed by atoms with van der Waals surface area (Å²) < 4.78 is 24.3. The van der Waals surface area contributed by atoms with Crippen LogP contribution in [-0.4, -0.2) is 67.0 Å². The minimum atomic E-state index is -3.22. The Morgan fingerprint density at radius 2 is 1.52 bits per heavy atom. The number of aliphatic carboxylic acids is 1. The van der Waals surface area contributed by atoms with Crippen molar-refractivity contribution in [2.45, 2.75) is 25.7 Å². The quantitative estimate of drug-likeness (QED) is 0.789. The van der Waals surface area contributed by atoms with Gasteiger partial charge in [0.2, 0.25) is 15.9 Å². The predicted octanol–water partition coefficient (Wildman–Crippen LogP) is -0.0188. The number of nitrogens with zero attached hydrogens (tertiary/aromatic N) is 2. The summed E-state index contributed by atoms with van der Waals surface area (Å²) in [4.78, 5) is 25.4. The maximum atomic E-state index is 12.5. The van der Waals surface area contributed by atoms with Gasteiger partial charge in [0.25, 0.3) is 0 Å². The molecule has 0 bridgehead atoms. The SMILES string of the molecule is CS(=O)(=O)N1CCN(C(=O)C2CCCCC2C(=O)O)CC1. The fourth-order valence-electron chi connectivity index (χ4n) is 3.20. The van der Waals surface area contributed by atoms with E-state index in [4.69, 9.17) is 0 Å². The van der Waals surface area contributed by atoms with Crippen LogP contribution in [0, 0.1) is 11.8 Å². The first-order valence-electron chi connectivity index (χ1n) is 7.27. The van der Waals surface area contributed by atoms with Gasteiger partial charge < -0.3 is 10.0 Å². The van der Waals surface area contributed by atoms with Crippen molar-refractivity contribution < 1.29 is 23.1 Å². The van der Waals surface area contributed by atoms with Crippen LogP contribution in [0.15, 0.2) is 0 Å². The van der Waals surface area contributed by atoms with Crippen molar-refractivity contribution >= 4 is 21.9 Å². The minimum Gasteiger partial charge on any atom is -0.481 e. The van der Waals surface area contributed by atoms with E-state index in [9.17, 15) is 23.1 Å². The van der Waals surface area contributed by atoms with Crippen LogP contribution in [-0.2, 0) is 19.6 Å². The van der Waals surface area contributed by atoms with Gasteiger partial charge >= 0.3 is 5.97 Å². The number of piperazine rings is 1. The Morgan fingerprint density at radius 1 is 1.00 bits per heavy atom. The van der Waals surface area contributed by atoms with Crippen molar-refractivity contribution in [2.75, 3.05) is 32.4 Å². The van der Waals surface area contributed by atoms with Crippen LogP contribution in [0.5, 0.6) is 0 Å². The lowest BCUT2D eigenvalue weighted by atomic mass is 9.78. The molecule has 2 aliphatic rings. The number of hydrogen-bond acceptors (Lipinski definition) is 4. The lowest BCUT2D eigenvalue weighted by Crippen LogP contribution is -2.53. The molecule has 0 aromatic carbocycles. The van der Waals surface area contributed by atoms with Gasteiger partial charge in [-0.1, -0.05) is 12.8 Å². The van der Waals surface area contributed by atoms with E-state index < -0.39 is 27.8 Å². The highest BCUT2D eigenvalue weighted by atomic mass is 32.2. The Hall–Kier alpha value is -1.15. The third-order valence-electron chi connectivity index (χ3n) is 4.42. The number of rotatable bonds is 3. The van der Waals surface area contributed by atoms with Crippen LogP contribution in [0.3, 0.4) is 0 Å². The van der Waals surface area contributed by atoms with Crippen LogP contribution in [0.25, 0.3) is 0 Å². The molecule has 120 valence electrons. The maximum Gasteiger partial charge on any atom is 0.307 e. The van der Waals surface area contributed by atoms with Gasteiger partial charge in [0.1, 0.15) is 0 Å². The molecule has 1 aliphatic carbocycles. The fraction of sp³-hybridized carbons (Fsp3) is 0.846. The van der Waals surface area contributed by atoms with Gasteiger partial charge in [-0.25, -0.2) is 8.42 Å². The van der Waals surface area contributed by atoms with Crippen molar-refractivity contribution in [3.8, 4) is 0 Å². The number of carboxylic acid groups (broad SMARTS) is 1. The molecule has 0 aromatic rings. The topological polar surface area (TPSA) is 95.0 Å². The van der Waals surface area contributed by atoms with Crippen molar-refractivity contribution in [3.63, 3.8) is 0 Å². The largest absolute Gasteiger partial charge is 0.481 e. The normalized spacial score (nSPS) is 28.3. The zero-order valence-electron chi connectivity index (χ0n) is 12.2. The van der Waals surface area contributed by atoms with E-state index in [0.29, 0.717) is 25.9 Å². The number of sulfonamides is 1. The van der Waals surface area contributed by atoms with E-state index in [1.54, 1.807) is 4.90 Å². The van der Waals surface area contributed by atoms with Crippen molar-refractivity contribution in [1.82, 2.24) is 9.21 Å². The molecule has 1 saturated heterocycles. The summed E-state index contributed by atoms with van der Waals surface area (Å²) in [5, 5.41) is 9.25. The first-order valence-corrected chi connectivity index (χ1v) is 9.12. The second kappa shape index (κ2) is 6.31. The third-order valence-corrected chi connectivity index (χ3v) is 5.72. The van der Waals surface area contributed by atoms with Gasteiger partial charge in [-0.05, 0) is 12.8 Å². The molecule has 21 heavy (non-hydrogen) atoms. The Morgan fingerprint density at radius 3 is 2.00 bits per heavy atom. The molecule has 2 fully saturated rings. The molecule has 0 aromatic heterocycles. The Bertz CT molecular complexity index is 511. The summed E-state index contributed by atoms with van der Waals surface area (Å²) in [6.45, 7) is 1.26. The van der Waals surface area contributed by atoms with Crippen LogP contribution in [0.2, 0.25) is 0 Å². The number of carbonyl (C=O) groups excluding carboxylic acids is 1. The van der Waals surface area contributed by atoms with Gasteiger partial charge in [0.15, 0.2) is 0 Å². The van der Waals surface area contributed by atoms with Gasteiger partial charge in [-0.15, -0.1) is 0 Å². The van der Waals surface area contributed by atoms with Crippen LogP contribution >= 0.6 is 0 Å². The zero-order chi connectivity index (χ0) is 15.6. The van der Waals surface area contributed by atoms with Gasteiger partial charge in [0, 0.05) is 26.2 Å². The summed E-state index contributed by atoms with van der Waals surface area (Å²) in [6.07, 6.45) is 4.05. The lowest BCUT2D eigenvalue weighted by Gasteiger charge is -2.37. The maximum absolute atomic E-state index is 12.5. The van der Waals surface area contributed by atoms with Crippen LogP contribution in [0.1, 0.15) is 25.7 Å². The molecule has 1 heterocycles. The Kier molecular flexibility index (Phi) is 4.88. The highest BCUT2D eigenvalue weighted by Gasteiger charge is 2.39. The first kappa shape index (κ1) is 16.2. The standard InChI is InChI=1S/C13H22N2O5S/c1-21(19,20)15-8-6-14(7-9-15)12(16)10-4-2-3-5-11(10)13(17)18/h10-11H,2-9H2,1H3,(H,17,18). The van der Waals surface area contributed by atoms with E-state index in [0.717, 1.165) is 19.1 Å². The van der Waals surface area contributed by atoms with E-state index in [2.05, 4.69) is 0 Å². The van der Waals surface area contributed by atoms with E-state index in [1.807, 2.05) is 0 Å². The third kappa shape index (κ3) is 3.74. The molecule has 0 spiro atoms. The molecule has 1 N–H and O–H groups in total. The number of carbonyl (C=O) groups is 2. The number of carboxylic acids is 1. The van der Waals surface area contributed by atoms with Crippen molar-refractivity contribution in [3.05, 3.63) is 0 Å². The number of amides is 1. The highest BCUT2D eigenvalue weighted by molar-refractivity contribution is 7.88. The van der Waals surface area contributed by atoms with Gasteiger partial charge in [-0.3, -0.25) is 9.59 Å². The lowest BCUT2D eigenvalue weighted by molar-refractivity contribution is -0.152. The zero-order valence-corrected chi connectivity index (χ0v) is 13.0. The summed E-state index contributed by atoms with van der Waals surface area (Å²) >= 11 is 0. The van der Waals surface area contributed by atoms with E-state index >= 15 is 0 Å². The molecule has 1 saturated carbocycles. The Balaban J connectivity index is 1.99. The first-order chi connectivity index (χ1) is 9.80. The molecular weight excluding hydrogens is 296 g/mol. The Labute approximate surface area is 125 Å². The van der Waals surface area contributed by atoms with E-state index in [1.165, 1.54) is 4.31 Å². The molecule has 8 heteroatoms. The second-order valence-corrected chi connectivity index (χ2v) is 7.81. The summed E-state index contributed by atoms with van der Waals surface area (Å²) in [5.41, 5.74) is 0.